The summed E-state index contributed by atoms with van der Waals surface area (Å²) in [4.78, 5) is 16.2. The fourth-order valence-electron chi connectivity index (χ4n) is 4.60. The number of anilines is 1. The number of carbonyl (C=O) groups excluding carboxylic acids is 1. The monoisotopic (exact) mass is 455 g/mol. The number of hydrogen-bond acceptors (Lipinski definition) is 5. The molecule has 166 valence electrons. The van der Waals surface area contributed by atoms with E-state index in [4.69, 9.17) is 16.3 Å². The molecule has 0 spiro atoms. The molecule has 0 unspecified atom stereocenters. The van der Waals surface area contributed by atoms with Gasteiger partial charge in [-0.15, -0.1) is 10.2 Å². The number of halogens is 2. The molecule has 1 fully saturated rings. The molecule has 0 radical (unpaired) electrons. The van der Waals surface area contributed by atoms with Gasteiger partial charge in [0.1, 0.15) is 11.6 Å². The predicted octanol–water partition coefficient (Wildman–Crippen LogP) is 4.53. The zero-order valence-corrected chi connectivity index (χ0v) is 18.4. The van der Waals surface area contributed by atoms with Crippen molar-refractivity contribution in [2.45, 2.75) is 31.8 Å². The molecule has 2 aliphatic rings. The lowest BCUT2D eigenvalue weighted by molar-refractivity contribution is 0.117. The van der Waals surface area contributed by atoms with Gasteiger partial charge in [-0.3, -0.25) is 9.47 Å². The molecule has 2 aliphatic heterocycles. The summed E-state index contributed by atoms with van der Waals surface area (Å²) in [5, 5.41) is 9.60. The first kappa shape index (κ1) is 20.8. The van der Waals surface area contributed by atoms with Crippen LogP contribution >= 0.6 is 11.6 Å². The second-order valence-corrected chi connectivity index (χ2v) is 8.58. The maximum absolute atomic E-state index is 13.3. The maximum atomic E-state index is 13.3. The smallest absolute Gasteiger partial charge is 0.410 e. The Kier molecular flexibility index (Phi) is 5.46. The van der Waals surface area contributed by atoms with Crippen molar-refractivity contribution in [2.24, 2.45) is 0 Å². The van der Waals surface area contributed by atoms with Crippen LogP contribution in [0.5, 0.6) is 0 Å². The molecule has 0 bridgehead atoms. The zero-order chi connectivity index (χ0) is 22.2. The van der Waals surface area contributed by atoms with Crippen LogP contribution in [0.2, 0.25) is 5.02 Å². The van der Waals surface area contributed by atoms with E-state index in [2.05, 4.69) is 19.7 Å². The molecule has 1 aromatic heterocycles. The summed E-state index contributed by atoms with van der Waals surface area (Å²) in [5.74, 6) is 1.59. The van der Waals surface area contributed by atoms with Crippen molar-refractivity contribution in [3.63, 3.8) is 0 Å². The molecule has 5 rings (SSSR count). The molecule has 2 aromatic carbocycles. The standard InChI is InChI=1S/C23H23ClFN5O2/c1-32-23(31)29-13-16-12-17(24)2-7-20(16)30-21(14-29)26-27-22(30)15-8-10-28(11-9-15)19-5-3-18(25)4-6-19/h2-7,12,15H,8-11,13-14H2,1H3. The Hall–Kier alpha value is -3.13. The lowest BCUT2D eigenvalue weighted by Gasteiger charge is -2.33. The minimum atomic E-state index is -0.415. The number of hydrogen-bond donors (Lipinski definition) is 0. The largest absolute Gasteiger partial charge is 0.453 e. The Morgan fingerprint density at radius 1 is 1.09 bits per heavy atom. The Labute approximate surface area is 190 Å². The third-order valence-corrected chi connectivity index (χ3v) is 6.45. The highest BCUT2D eigenvalue weighted by molar-refractivity contribution is 6.30. The average Bonchev–Trinajstić information content (AvgIpc) is 3.15. The summed E-state index contributed by atoms with van der Waals surface area (Å²) in [6, 6.07) is 12.3. The van der Waals surface area contributed by atoms with Crippen molar-refractivity contribution < 1.29 is 13.9 Å². The lowest BCUT2D eigenvalue weighted by atomic mass is 9.95. The second kappa shape index (κ2) is 8.43. The van der Waals surface area contributed by atoms with E-state index >= 15 is 0 Å². The fraction of sp³-hybridized carbons (Fsp3) is 0.348. The van der Waals surface area contributed by atoms with Crippen LogP contribution < -0.4 is 4.90 Å². The van der Waals surface area contributed by atoms with E-state index in [1.165, 1.54) is 19.2 Å². The molecule has 3 heterocycles. The first-order valence-corrected chi connectivity index (χ1v) is 11.0. The van der Waals surface area contributed by atoms with Crippen molar-refractivity contribution in [1.29, 1.82) is 0 Å². The van der Waals surface area contributed by atoms with Gasteiger partial charge < -0.3 is 9.64 Å². The van der Waals surface area contributed by atoms with Crippen LogP contribution in [-0.2, 0) is 17.8 Å². The molecule has 9 heteroatoms. The van der Waals surface area contributed by atoms with Gasteiger partial charge >= 0.3 is 6.09 Å². The number of amides is 1. The van der Waals surface area contributed by atoms with E-state index in [-0.39, 0.29) is 11.7 Å². The quantitative estimate of drug-likeness (QED) is 0.568. The maximum Gasteiger partial charge on any atom is 0.410 e. The number of methoxy groups -OCH3 is 1. The summed E-state index contributed by atoms with van der Waals surface area (Å²) in [6.07, 6.45) is 1.39. The van der Waals surface area contributed by atoms with Gasteiger partial charge in [-0.05, 0) is 60.9 Å². The van der Waals surface area contributed by atoms with Crippen LogP contribution in [0.3, 0.4) is 0 Å². The van der Waals surface area contributed by atoms with E-state index in [1.54, 1.807) is 4.90 Å². The number of nitrogens with zero attached hydrogens (tertiary/aromatic N) is 5. The number of piperidine rings is 1. The van der Waals surface area contributed by atoms with Crippen molar-refractivity contribution >= 4 is 23.4 Å². The first-order valence-electron chi connectivity index (χ1n) is 10.6. The zero-order valence-electron chi connectivity index (χ0n) is 17.7. The third kappa shape index (κ3) is 3.79. The van der Waals surface area contributed by atoms with Crippen molar-refractivity contribution in [1.82, 2.24) is 19.7 Å². The van der Waals surface area contributed by atoms with Crippen LogP contribution in [0.15, 0.2) is 42.5 Å². The molecule has 7 nitrogen and oxygen atoms in total. The van der Waals surface area contributed by atoms with Gasteiger partial charge in [0.2, 0.25) is 0 Å². The van der Waals surface area contributed by atoms with Gasteiger partial charge in [0.15, 0.2) is 5.82 Å². The van der Waals surface area contributed by atoms with Crippen LogP contribution in [0.1, 0.15) is 36.0 Å². The minimum Gasteiger partial charge on any atom is -0.453 e. The normalized spacial score (nSPS) is 16.3. The highest BCUT2D eigenvalue weighted by Crippen LogP contribution is 2.34. The van der Waals surface area contributed by atoms with E-state index in [0.29, 0.717) is 23.9 Å². The summed E-state index contributed by atoms with van der Waals surface area (Å²) in [7, 11) is 1.37. The Morgan fingerprint density at radius 2 is 1.84 bits per heavy atom. The molecule has 32 heavy (non-hydrogen) atoms. The van der Waals surface area contributed by atoms with Crippen LogP contribution in [0.4, 0.5) is 14.9 Å². The molecule has 0 saturated carbocycles. The number of aromatic nitrogens is 3. The fourth-order valence-corrected chi connectivity index (χ4v) is 4.79. The molecule has 3 aromatic rings. The summed E-state index contributed by atoms with van der Waals surface area (Å²) in [5.41, 5.74) is 2.89. The van der Waals surface area contributed by atoms with Crippen molar-refractivity contribution in [2.75, 3.05) is 25.1 Å². The number of rotatable bonds is 2. The topological polar surface area (TPSA) is 63.5 Å². The highest BCUT2D eigenvalue weighted by Gasteiger charge is 2.31. The molecule has 0 aliphatic carbocycles. The molecule has 1 amide bonds. The van der Waals surface area contributed by atoms with E-state index in [0.717, 1.165) is 48.7 Å². The molecular weight excluding hydrogens is 433 g/mol. The van der Waals surface area contributed by atoms with Crippen LogP contribution in [0, 0.1) is 5.82 Å². The average molecular weight is 456 g/mol. The number of benzene rings is 2. The third-order valence-electron chi connectivity index (χ3n) is 6.22. The second-order valence-electron chi connectivity index (χ2n) is 8.15. The Bertz CT molecular complexity index is 1140. The molecule has 0 atom stereocenters. The van der Waals surface area contributed by atoms with Crippen LogP contribution in [0.25, 0.3) is 5.69 Å². The van der Waals surface area contributed by atoms with E-state index in [9.17, 15) is 9.18 Å². The SMILES string of the molecule is COC(=O)N1Cc2cc(Cl)ccc2-n2c(nnc2C2CCN(c3ccc(F)cc3)CC2)C1. The molecular formula is C23H23ClFN5O2. The predicted molar refractivity (Wildman–Crippen MR) is 119 cm³/mol. The van der Waals surface area contributed by atoms with E-state index < -0.39 is 6.09 Å². The van der Waals surface area contributed by atoms with Crippen molar-refractivity contribution in [3.8, 4) is 5.69 Å². The highest BCUT2D eigenvalue weighted by atomic mass is 35.5. The van der Waals surface area contributed by atoms with Gasteiger partial charge in [-0.25, -0.2) is 9.18 Å². The van der Waals surface area contributed by atoms with Gasteiger partial charge in [-0.1, -0.05) is 11.6 Å². The first-order chi connectivity index (χ1) is 15.5. The Balaban J connectivity index is 1.45. The summed E-state index contributed by atoms with van der Waals surface area (Å²) in [6.45, 7) is 2.38. The van der Waals surface area contributed by atoms with Gasteiger partial charge in [0.25, 0.3) is 0 Å². The van der Waals surface area contributed by atoms with Crippen molar-refractivity contribution in [3.05, 3.63) is 70.5 Å². The Morgan fingerprint density at radius 3 is 2.56 bits per heavy atom. The van der Waals surface area contributed by atoms with Gasteiger partial charge in [0.05, 0.1) is 25.9 Å². The van der Waals surface area contributed by atoms with Crippen LogP contribution in [-0.4, -0.2) is 46.0 Å². The number of ether oxygens (including phenoxy) is 1. The minimum absolute atomic E-state index is 0.223. The summed E-state index contributed by atoms with van der Waals surface area (Å²) < 4.78 is 20.3. The van der Waals surface area contributed by atoms with E-state index in [1.807, 2.05) is 30.3 Å². The van der Waals surface area contributed by atoms with Gasteiger partial charge in [0, 0.05) is 29.7 Å². The molecule has 1 saturated heterocycles. The summed E-state index contributed by atoms with van der Waals surface area (Å²) >= 11 is 6.26. The number of carbonyl (C=O) groups is 1. The lowest BCUT2D eigenvalue weighted by Crippen LogP contribution is -2.33. The van der Waals surface area contributed by atoms with Gasteiger partial charge in [-0.2, -0.15) is 0 Å². The number of fused-ring (bicyclic) bond motifs is 3. The molecule has 0 N–H and O–H groups in total.